The van der Waals surface area contributed by atoms with Gasteiger partial charge in [-0.1, -0.05) is 0 Å². The van der Waals surface area contributed by atoms with Crippen molar-refractivity contribution in [1.29, 1.82) is 0 Å². The fourth-order valence-corrected chi connectivity index (χ4v) is 5.16. The van der Waals surface area contributed by atoms with Crippen molar-refractivity contribution in [1.82, 2.24) is 14.5 Å². The summed E-state index contributed by atoms with van der Waals surface area (Å²) < 4.78 is 3.07. The number of hydrogen-bond donors (Lipinski definition) is 1. The zero-order chi connectivity index (χ0) is 20.3. The Balaban J connectivity index is 1.45. The summed E-state index contributed by atoms with van der Waals surface area (Å²) in [7, 11) is 1.71. The molecule has 3 heterocycles. The lowest BCUT2D eigenvalue weighted by atomic mass is 9.62. The average Bonchev–Trinajstić information content (AvgIpc) is 2.92. The van der Waals surface area contributed by atoms with Crippen LogP contribution in [-0.4, -0.2) is 39.8 Å². The second kappa shape index (κ2) is 6.30. The molecule has 1 unspecified atom stereocenters. The maximum Gasteiger partial charge on any atom is 0.329 e. The summed E-state index contributed by atoms with van der Waals surface area (Å²) in [6, 6.07) is 5.23. The van der Waals surface area contributed by atoms with E-state index in [9.17, 15) is 19.2 Å². The Bertz CT molecular complexity index is 1090. The van der Waals surface area contributed by atoms with Crippen molar-refractivity contribution in [2.24, 2.45) is 12.5 Å². The normalized spacial score (nSPS) is 24.1. The number of anilines is 1. The van der Waals surface area contributed by atoms with Crippen LogP contribution >= 0.6 is 0 Å². The van der Waals surface area contributed by atoms with Gasteiger partial charge in [-0.15, -0.1) is 0 Å². The molecule has 1 saturated carbocycles. The molecule has 0 radical (unpaired) electrons. The van der Waals surface area contributed by atoms with E-state index in [-0.39, 0.29) is 23.4 Å². The molecule has 5 rings (SSSR count). The largest absolute Gasteiger partial charge is 0.371 e. The highest BCUT2D eigenvalue weighted by Crippen LogP contribution is 2.47. The lowest BCUT2D eigenvalue weighted by molar-refractivity contribution is -0.136. The number of fused-ring (bicyclic) bond motifs is 1. The van der Waals surface area contributed by atoms with Gasteiger partial charge in [0.1, 0.15) is 11.8 Å². The number of rotatable bonds is 2. The Morgan fingerprint density at radius 2 is 1.76 bits per heavy atom. The minimum Gasteiger partial charge on any atom is -0.371 e. The average molecular weight is 396 g/mol. The minimum absolute atomic E-state index is 0.222. The number of amides is 2. The monoisotopic (exact) mass is 396 g/mol. The van der Waals surface area contributed by atoms with E-state index in [1.807, 2.05) is 18.2 Å². The number of nitrogens with zero attached hydrogens (tertiary/aromatic N) is 3. The Morgan fingerprint density at radius 3 is 2.41 bits per heavy atom. The zero-order valence-corrected chi connectivity index (χ0v) is 16.4. The van der Waals surface area contributed by atoms with E-state index >= 15 is 0 Å². The van der Waals surface area contributed by atoms with Gasteiger partial charge in [-0.2, -0.15) is 0 Å². The van der Waals surface area contributed by atoms with Crippen LogP contribution in [0.4, 0.5) is 5.69 Å². The summed E-state index contributed by atoms with van der Waals surface area (Å²) in [4.78, 5) is 50.4. The van der Waals surface area contributed by atoms with Gasteiger partial charge in [0.2, 0.25) is 11.8 Å². The highest BCUT2D eigenvalue weighted by atomic mass is 16.2. The second-order valence-corrected chi connectivity index (χ2v) is 8.73. The first kappa shape index (κ1) is 18.1. The Kier molecular flexibility index (Phi) is 3.94. The molecule has 152 valence electrons. The van der Waals surface area contributed by atoms with Gasteiger partial charge in [-0.05, 0) is 42.9 Å². The minimum atomic E-state index is -0.666. The van der Waals surface area contributed by atoms with Crippen molar-refractivity contribution >= 4 is 34.3 Å². The number of aromatic nitrogens is 2. The van der Waals surface area contributed by atoms with E-state index in [0.717, 1.165) is 50.0 Å². The molecule has 2 aliphatic heterocycles. The molecule has 8 heteroatoms. The van der Waals surface area contributed by atoms with E-state index in [1.165, 1.54) is 4.57 Å². The topological polar surface area (TPSA) is 93.4 Å². The van der Waals surface area contributed by atoms with Crippen LogP contribution in [0.2, 0.25) is 0 Å². The summed E-state index contributed by atoms with van der Waals surface area (Å²) in [5, 5.41) is 2.33. The van der Waals surface area contributed by atoms with Gasteiger partial charge in [0.25, 0.3) is 0 Å². The van der Waals surface area contributed by atoms with Gasteiger partial charge in [-0.25, -0.2) is 4.79 Å². The van der Waals surface area contributed by atoms with Crippen molar-refractivity contribution < 1.29 is 14.4 Å². The van der Waals surface area contributed by atoms with Crippen LogP contribution in [0.25, 0.3) is 11.0 Å². The molecule has 3 aliphatic rings. The number of aryl methyl sites for hydroxylation is 1. The van der Waals surface area contributed by atoms with Crippen LogP contribution < -0.4 is 15.9 Å². The number of imide groups is 1. The Hall–Kier alpha value is -2.90. The van der Waals surface area contributed by atoms with Gasteiger partial charge in [-0.3, -0.25) is 28.8 Å². The summed E-state index contributed by atoms with van der Waals surface area (Å²) in [5.74, 6) is -0.334. The quantitative estimate of drug-likeness (QED) is 0.772. The SMILES string of the molecule is Cn1c(=O)n(C2CCC(=O)NC2=O)c2ccc(N3CCC4(CC3)CC(=O)C4)cc21. The van der Waals surface area contributed by atoms with Crippen molar-refractivity contribution in [3.8, 4) is 0 Å². The maximum absolute atomic E-state index is 12.9. The number of ketones is 1. The zero-order valence-electron chi connectivity index (χ0n) is 16.4. The molecule has 1 aliphatic carbocycles. The smallest absolute Gasteiger partial charge is 0.329 e. The molecule has 0 bridgehead atoms. The third-order valence-corrected chi connectivity index (χ3v) is 6.93. The number of imidazole rings is 1. The van der Waals surface area contributed by atoms with Crippen molar-refractivity contribution in [3.63, 3.8) is 0 Å². The van der Waals surface area contributed by atoms with E-state index in [1.54, 1.807) is 11.6 Å². The summed E-state index contributed by atoms with van der Waals surface area (Å²) in [6.45, 7) is 1.81. The first-order valence-corrected chi connectivity index (χ1v) is 10.2. The van der Waals surface area contributed by atoms with Gasteiger partial charge >= 0.3 is 5.69 Å². The molecule has 1 N–H and O–H groups in total. The number of carbonyl (C=O) groups is 3. The van der Waals surface area contributed by atoms with E-state index in [2.05, 4.69) is 10.2 Å². The van der Waals surface area contributed by atoms with E-state index < -0.39 is 11.9 Å². The molecule has 1 atom stereocenters. The molecule has 1 aromatic carbocycles. The number of piperidine rings is 2. The maximum atomic E-state index is 12.9. The molecule has 3 fully saturated rings. The highest BCUT2D eigenvalue weighted by Gasteiger charge is 2.45. The van der Waals surface area contributed by atoms with E-state index in [0.29, 0.717) is 17.7 Å². The molecular weight excluding hydrogens is 372 g/mol. The number of Topliss-reactive ketones (excluding diaryl/α,β-unsaturated/α-hetero) is 1. The van der Waals surface area contributed by atoms with Gasteiger partial charge in [0, 0.05) is 45.1 Å². The number of benzene rings is 1. The second-order valence-electron chi connectivity index (χ2n) is 8.73. The third-order valence-electron chi connectivity index (χ3n) is 6.93. The van der Waals surface area contributed by atoms with Crippen molar-refractivity contribution in [2.45, 2.75) is 44.6 Å². The predicted molar refractivity (Wildman–Crippen MR) is 107 cm³/mol. The molecule has 8 nitrogen and oxygen atoms in total. The molecule has 2 aromatic rings. The standard InChI is InChI=1S/C21H24N4O4/c1-23-17-10-13(24-8-6-21(7-9-24)11-14(26)12-21)2-3-15(17)25(20(23)29)16-4-5-18(27)22-19(16)28/h2-3,10,16H,4-9,11-12H2,1H3,(H,22,27,28). The van der Waals surface area contributed by atoms with Crippen LogP contribution in [0.1, 0.15) is 44.6 Å². The van der Waals surface area contributed by atoms with Crippen LogP contribution in [-0.2, 0) is 21.4 Å². The number of nitrogens with one attached hydrogen (secondary N) is 1. The van der Waals surface area contributed by atoms with Crippen molar-refractivity contribution in [3.05, 3.63) is 28.7 Å². The lowest BCUT2D eigenvalue weighted by Gasteiger charge is -2.47. The first-order valence-electron chi connectivity index (χ1n) is 10.2. The molecular formula is C21H24N4O4. The number of hydrogen-bond acceptors (Lipinski definition) is 5. The molecule has 29 heavy (non-hydrogen) atoms. The first-order chi connectivity index (χ1) is 13.9. The van der Waals surface area contributed by atoms with Gasteiger partial charge in [0.05, 0.1) is 11.0 Å². The van der Waals surface area contributed by atoms with Crippen LogP contribution in [0.5, 0.6) is 0 Å². The fourth-order valence-electron chi connectivity index (χ4n) is 5.16. The molecule has 1 aromatic heterocycles. The highest BCUT2D eigenvalue weighted by molar-refractivity contribution is 6.00. The van der Waals surface area contributed by atoms with Crippen molar-refractivity contribution in [2.75, 3.05) is 18.0 Å². The summed E-state index contributed by atoms with van der Waals surface area (Å²) in [6.07, 6.45) is 4.06. The van der Waals surface area contributed by atoms with Crippen LogP contribution in [0.15, 0.2) is 23.0 Å². The molecule has 2 saturated heterocycles. The van der Waals surface area contributed by atoms with Gasteiger partial charge < -0.3 is 4.90 Å². The predicted octanol–water partition coefficient (Wildman–Crippen LogP) is 1.27. The van der Waals surface area contributed by atoms with Crippen LogP contribution in [0.3, 0.4) is 0 Å². The van der Waals surface area contributed by atoms with E-state index in [4.69, 9.17) is 0 Å². The Morgan fingerprint density at radius 1 is 1.03 bits per heavy atom. The number of carbonyl (C=O) groups excluding carboxylic acids is 3. The fraction of sp³-hybridized carbons (Fsp3) is 0.524. The molecule has 2 amide bonds. The summed E-state index contributed by atoms with van der Waals surface area (Å²) in [5.41, 5.74) is 2.50. The van der Waals surface area contributed by atoms with Crippen LogP contribution in [0, 0.1) is 5.41 Å². The Labute approximate surface area is 167 Å². The third kappa shape index (κ3) is 2.81. The lowest BCUT2D eigenvalue weighted by Crippen LogP contribution is -2.47. The van der Waals surface area contributed by atoms with Gasteiger partial charge in [0.15, 0.2) is 0 Å². The summed E-state index contributed by atoms with van der Waals surface area (Å²) >= 11 is 0. The molecule has 1 spiro atoms.